The third kappa shape index (κ3) is 5.89. The van der Waals surface area contributed by atoms with E-state index in [1.54, 1.807) is 0 Å². The first kappa shape index (κ1) is 22.1. The number of sulfone groups is 1. The minimum atomic E-state index is -3.80. The lowest BCUT2D eigenvalue weighted by molar-refractivity contribution is -0.385. The summed E-state index contributed by atoms with van der Waals surface area (Å²) in [4.78, 5) is 22.4. The zero-order valence-corrected chi connectivity index (χ0v) is 17.1. The molecule has 0 heterocycles. The molecule has 2 aromatic carbocycles. The van der Waals surface area contributed by atoms with Crippen LogP contribution < -0.4 is 14.8 Å². The number of amides is 1. The lowest BCUT2D eigenvalue weighted by Gasteiger charge is -2.12. The van der Waals surface area contributed by atoms with Gasteiger partial charge in [-0.05, 0) is 24.3 Å². The standard InChI is InChI=1S/C16H17N3O8S2/c1-27-15-5-4-11(8-14(15)18-29(3,25)26)17-16(20)10-6-12(19(21)22)9-13(7-10)28(2,23)24/h4-9,18H,1-3H3,(H,17,20). The average molecular weight is 443 g/mol. The number of nitrogens with one attached hydrogen (secondary N) is 2. The Morgan fingerprint density at radius 2 is 1.72 bits per heavy atom. The van der Waals surface area contributed by atoms with E-state index in [0.29, 0.717) is 0 Å². The summed E-state index contributed by atoms with van der Waals surface area (Å²) in [5.41, 5.74) is -0.613. The highest BCUT2D eigenvalue weighted by molar-refractivity contribution is 7.92. The predicted octanol–water partition coefficient (Wildman–Crippen LogP) is 1.63. The van der Waals surface area contributed by atoms with Gasteiger partial charge < -0.3 is 10.1 Å². The number of hydrogen-bond donors (Lipinski definition) is 2. The van der Waals surface area contributed by atoms with Crippen LogP contribution in [-0.2, 0) is 19.9 Å². The first-order valence-corrected chi connectivity index (χ1v) is 11.5. The second-order valence-corrected chi connectivity index (χ2v) is 9.75. The number of methoxy groups -OCH3 is 1. The van der Waals surface area contributed by atoms with Crippen molar-refractivity contribution in [3.05, 3.63) is 52.1 Å². The third-order valence-corrected chi connectivity index (χ3v) is 5.23. The van der Waals surface area contributed by atoms with Crippen molar-refractivity contribution in [1.82, 2.24) is 0 Å². The second kappa shape index (κ2) is 8.05. The Balaban J connectivity index is 2.43. The van der Waals surface area contributed by atoms with Gasteiger partial charge in [-0.25, -0.2) is 16.8 Å². The minimum absolute atomic E-state index is 0.0590. The predicted molar refractivity (Wildman–Crippen MR) is 106 cm³/mol. The van der Waals surface area contributed by atoms with Crippen LogP contribution in [-0.4, -0.2) is 47.3 Å². The van der Waals surface area contributed by atoms with Crippen molar-refractivity contribution >= 4 is 42.8 Å². The lowest BCUT2D eigenvalue weighted by Crippen LogP contribution is -2.14. The van der Waals surface area contributed by atoms with Gasteiger partial charge >= 0.3 is 0 Å². The molecule has 0 unspecified atom stereocenters. The highest BCUT2D eigenvalue weighted by atomic mass is 32.2. The Hall–Kier alpha value is -3.19. The van der Waals surface area contributed by atoms with Crippen molar-refractivity contribution in [3.63, 3.8) is 0 Å². The van der Waals surface area contributed by atoms with Crippen LogP contribution in [0.1, 0.15) is 10.4 Å². The van der Waals surface area contributed by atoms with Crippen LogP contribution in [0.25, 0.3) is 0 Å². The molecule has 0 spiro atoms. The molecule has 0 aliphatic carbocycles. The van der Waals surface area contributed by atoms with Gasteiger partial charge in [-0.1, -0.05) is 0 Å². The van der Waals surface area contributed by atoms with Crippen LogP contribution in [0, 0.1) is 10.1 Å². The van der Waals surface area contributed by atoms with Gasteiger partial charge in [-0.15, -0.1) is 0 Å². The highest BCUT2D eigenvalue weighted by Crippen LogP contribution is 2.29. The van der Waals surface area contributed by atoms with Crippen molar-refractivity contribution in [3.8, 4) is 5.75 Å². The molecule has 0 aliphatic heterocycles. The molecule has 0 aromatic heterocycles. The summed E-state index contributed by atoms with van der Waals surface area (Å²) < 4.78 is 53.8. The van der Waals surface area contributed by atoms with Gasteiger partial charge in [0.1, 0.15) is 5.75 Å². The number of ether oxygens (including phenoxy) is 1. The topological polar surface area (TPSA) is 162 Å². The van der Waals surface area contributed by atoms with Crippen molar-refractivity contribution in [2.24, 2.45) is 0 Å². The average Bonchev–Trinajstić information content (AvgIpc) is 2.59. The number of nitro groups is 1. The first-order valence-electron chi connectivity index (χ1n) is 7.77. The van der Waals surface area contributed by atoms with Crippen LogP contribution >= 0.6 is 0 Å². The molecule has 0 radical (unpaired) electrons. The molecule has 0 saturated heterocycles. The van der Waals surface area contributed by atoms with Crippen LogP contribution in [0.3, 0.4) is 0 Å². The van der Waals surface area contributed by atoms with E-state index in [1.807, 2.05) is 0 Å². The lowest BCUT2D eigenvalue weighted by atomic mass is 10.1. The number of non-ortho nitro benzene ring substituents is 1. The van der Waals surface area contributed by atoms with Gasteiger partial charge in [-0.3, -0.25) is 19.6 Å². The molecular formula is C16H17N3O8S2. The zero-order chi connectivity index (χ0) is 22.0. The quantitative estimate of drug-likeness (QED) is 0.482. The number of sulfonamides is 1. The Bertz CT molecular complexity index is 1190. The summed E-state index contributed by atoms with van der Waals surface area (Å²) in [6, 6.07) is 6.90. The van der Waals surface area contributed by atoms with E-state index in [0.717, 1.165) is 30.7 Å². The summed E-state index contributed by atoms with van der Waals surface area (Å²) in [5.74, 6) is -0.628. The normalized spacial score (nSPS) is 11.6. The molecule has 29 heavy (non-hydrogen) atoms. The molecule has 2 rings (SSSR count). The number of nitrogens with zero attached hydrogens (tertiary/aromatic N) is 1. The molecular weight excluding hydrogens is 426 g/mol. The SMILES string of the molecule is COc1ccc(NC(=O)c2cc([N+](=O)[O-])cc(S(C)(=O)=O)c2)cc1NS(C)(=O)=O. The van der Waals surface area contributed by atoms with Crippen LogP contribution in [0.4, 0.5) is 17.1 Å². The zero-order valence-electron chi connectivity index (χ0n) is 15.5. The maximum absolute atomic E-state index is 12.5. The van der Waals surface area contributed by atoms with Crippen molar-refractivity contribution in [1.29, 1.82) is 0 Å². The van der Waals surface area contributed by atoms with Crippen LogP contribution in [0.2, 0.25) is 0 Å². The molecule has 0 bridgehead atoms. The fourth-order valence-corrected chi connectivity index (χ4v) is 3.54. The Morgan fingerprint density at radius 1 is 1.07 bits per heavy atom. The second-order valence-electron chi connectivity index (χ2n) is 5.99. The molecule has 2 N–H and O–H groups in total. The summed E-state index contributed by atoms with van der Waals surface area (Å²) in [5, 5.41) is 13.5. The molecule has 2 aromatic rings. The Kier molecular flexibility index (Phi) is 6.13. The van der Waals surface area contributed by atoms with E-state index in [4.69, 9.17) is 4.74 Å². The van der Waals surface area contributed by atoms with Gasteiger partial charge in [0.05, 0.1) is 28.9 Å². The molecule has 156 valence electrons. The van der Waals surface area contributed by atoms with Crippen molar-refractivity contribution < 1.29 is 31.3 Å². The molecule has 13 heteroatoms. The van der Waals surface area contributed by atoms with E-state index >= 15 is 0 Å². The monoisotopic (exact) mass is 443 g/mol. The molecule has 0 aliphatic rings. The summed E-state index contributed by atoms with van der Waals surface area (Å²) >= 11 is 0. The fraction of sp³-hybridized carbons (Fsp3) is 0.188. The van der Waals surface area contributed by atoms with Gasteiger partial charge in [0.15, 0.2) is 9.84 Å². The number of benzene rings is 2. The number of hydrogen-bond acceptors (Lipinski definition) is 8. The largest absolute Gasteiger partial charge is 0.495 e. The number of rotatable bonds is 7. The van der Waals surface area contributed by atoms with E-state index in [-0.39, 0.29) is 27.6 Å². The van der Waals surface area contributed by atoms with Crippen molar-refractivity contribution in [2.45, 2.75) is 4.90 Å². The van der Waals surface area contributed by atoms with E-state index < -0.39 is 36.4 Å². The number of nitro benzene ring substituents is 1. The van der Waals surface area contributed by atoms with E-state index in [9.17, 15) is 31.7 Å². The Labute approximate surface area is 166 Å². The molecule has 11 nitrogen and oxygen atoms in total. The maximum atomic E-state index is 12.5. The summed E-state index contributed by atoms with van der Waals surface area (Å²) in [6.07, 6.45) is 1.80. The van der Waals surface area contributed by atoms with Crippen LogP contribution in [0.5, 0.6) is 5.75 Å². The molecule has 0 fully saturated rings. The number of carbonyl (C=O) groups is 1. The first-order chi connectivity index (χ1) is 13.3. The van der Waals surface area contributed by atoms with E-state index in [2.05, 4.69) is 10.0 Å². The molecule has 0 atom stereocenters. The maximum Gasteiger partial charge on any atom is 0.271 e. The number of carbonyl (C=O) groups excluding carboxylic acids is 1. The van der Waals surface area contributed by atoms with Gasteiger partial charge in [0.2, 0.25) is 10.0 Å². The minimum Gasteiger partial charge on any atom is -0.495 e. The van der Waals surface area contributed by atoms with Gasteiger partial charge in [0, 0.05) is 29.6 Å². The molecule has 0 saturated carbocycles. The summed E-state index contributed by atoms with van der Waals surface area (Å²) in [7, 11) is -6.10. The number of anilines is 2. The van der Waals surface area contributed by atoms with Gasteiger partial charge in [0.25, 0.3) is 11.6 Å². The smallest absolute Gasteiger partial charge is 0.271 e. The van der Waals surface area contributed by atoms with Crippen molar-refractivity contribution in [2.75, 3.05) is 29.7 Å². The van der Waals surface area contributed by atoms with Crippen LogP contribution in [0.15, 0.2) is 41.3 Å². The van der Waals surface area contributed by atoms with Gasteiger partial charge in [-0.2, -0.15) is 0 Å². The highest BCUT2D eigenvalue weighted by Gasteiger charge is 2.19. The fourth-order valence-electron chi connectivity index (χ4n) is 2.30. The summed E-state index contributed by atoms with van der Waals surface area (Å²) in [6.45, 7) is 0. The van der Waals surface area contributed by atoms with E-state index in [1.165, 1.54) is 25.3 Å². The molecule has 1 amide bonds. The Morgan fingerprint density at radius 3 is 2.24 bits per heavy atom. The third-order valence-electron chi connectivity index (χ3n) is 3.55.